The quantitative estimate of drug-likeness (QED) is 0.673. The van der Waals surface area contributed by atoms with Gasteiger partial charge in [-0.15, -0.1) is 11.8 Å². The number of thioether (sulfide) groups is 1. The summed E-state index contributed by atoms with van der Waals surface area (Å²) in [4.78, 5) is 24.6. The number of H-pyrrole nitrogens is 1. The Morgan fingerprint density at radius 3 is 2.92 bits per heavy atom. The number of nitrogens with two attached hydrogens (primary N) is 1. The highest BCUT2D eigenvalue weighted by molar-refractivity contribution is 8.14. The second kappa shape index (κ2) is 6.70. The number of nitrogens with one attached hydrogen (secondary N) is 2. The minimum Gasteiger partial charge on any atom is -0.341 e. The molecule has 0 spiro atoms. The largest absolute Gasteiger partial charge is 0.341 e. The Morgan fingerprint density at radius 1 is 1.28 bits per heavy atom. The number of amides is 1. The fourth-order valence-electron chi connectivity index (χ4n) is 2.71. The molecule has 1 aliphatic heterocycles. The summed E-state index contributed by atoms with van der Waals surface area (Å²) >= 11 is 1.61. The topological polar surface area (TPSA) is 96.2 Å². The number of fused-ring (bicyclic) bond motifs is 1. The van der Waals surface area contributed by atoms with Crippen molar-refractivity contribution in [1.82, 2.24) is 9.97 Å². The van der Waals surface area contributed by atoms with Gasteiger partial charge in [-0.05, 0) is 18.2 Å². The van der Waals surface area contributed by atoms with E-state index in [2.05, 4.69) is 20.3 Å². The molecule has 1 aromatic heterocycles. The average Bonchev–Trinajstić information content (AvgIpc) is 3.29. The fraction of sp³-hybridized carbons (Fsp3) is 0.167. The number of rotatable bonds is 4. The summed E-state index contributed by atoms with van der Waals surface area (Å²) in [6.45, 7) is 0.354. The minimum absolute atomic E-state index is 0.101. The van der Waals surface area contributed by atoms with Crippen LogP contribution in [0.25, 0.3) is 11.0 Å². The second-order valence-corrected chi connectivity index (χ2v) is 6.74. The number of aliphatic imine (C=N–C) groups is 1. The van der Waals surface area contributed by atoms with Gasteiger partial charge in [-0.1, -0.05) is 30.3 Å². The molecule has 2 aromatic carbocycles. The van der Waals surface area contributed by atoms with E-state index in [4.69, 9.17) is 5.73 Å². The molecule has 0 aliphatic carbocycles. The molecule has 126 valence electrons. The van der Waals surface area contributed by atoms with E-state index in [1.165, 1.54) is 0 Å². The molecule has 0 saturated carbocycles. The summed E-state index contributed by atoms with van der Waals surface area (Å²) in [6, 6.07) is 15.1. The normalized spacial score (nSPS) is 16.8. The number of anilines is 1. The molecule has 0 fully saturated rings. The van der Waals surface area contributed by atoms with E-state index < -0.39 is 0 Å². The Hall–Kier alpha value is -2.64. The third-order valence-corrected chi connectivity index (χ3v) is 5.06. The molecule has 1 amide bonds. The molecular formula is C18H17N5OS. The van der Waals surface area contributed by atoms with Gasteiger partial charge in [0.05, 0.1) is 22.6 Å². The number of aromatic nitrogens is 2. The maximum absolute atomic E-state index is 12.5. The van der Waals surface area contributed by atoms with Crippen LogP contribution >= 0.6 is 11.8 Å². The van der Waals surface area contributed by atoms with Crippen LogP contribution in [0.3, 0.4) is 0 Å². The summed E-state index contributed by atoms with van der Waals surface area (Å²) in [5.74, 6) is 1.28. The van der Waals surface area contributed by atoms with Crippen molar-refractivity contribution in [3.63, 3.8) is 0 Å². The van der Waals surface area contributed by atoms with Crippen molar-refractivity contribution in [3.05, 3.63) is 59.9 Å². The van der Waals surface area contributed by atoms with Crippen molar-refractivity contribution in [2.24, 2.45) is 10.7 Å². The van der Waals surface area contributed by atoms with Crippen LogP contribution in [0.5, 0.6) is 0 Å². The van der Waals surface area contributed by atoms with Crippen LogP contribution in [-0.4, -0.2) is 32.7 Å². The first-order valence-corrected chi connectivity index (χ1v) is 8.97. The maximum atomic E-state index is 12.5. The molecular weight excluding hydrogens is 334 g/mol. The predicted octanol–water partition coefficient (Wildman–Crippen LogP) is 2.52. The molecule has 2 heterocycles. The van der Waals surface area contributed by atoms with Crippen LogP contribution in [0.15, 0.2) is 53.5 Å². The van der Waals surface area contributed by atoms with Crippen molar-refractivity contribution in [2.45, 2.75) is 12.6 Å². The van der Waals surface area contributed by atoms with E-state index in [9.17, 15) is 4.79 Å². The smallest absolute Gasteiger partial charge is 0.250 e. The van der Waals surface area contributed by atoms with Gasteiger partial charge in [0.25, 0.3) is 0 Å². The van der Waals surface area contributed by atoms with Gasteiger partial charge in [0.1, 0.15) is 11.9 Å². The van der Waals surface area contributed by atoms with E-state index >= 15 is 0 Å². The molecule has 0 unspecified atom stereocenters. The maximum Gasteiger partial charge on any atom is 0.250 e. The van der Waals surface area contributed by atoms with Gasteiger partial charge in [0.2, 0.25) is 5.91 Å². The third kappa shape index (κ3) is 3.29. The molecule has 3 aromatic rings. The molecule has 7 heteroatoms. The zero-order valence-electron chi connectivity index (χ0n) is 13.4. The molecule has 0 bridgehead atoms. The first-order valence-electron chi connectivity index (χ1n) is 7.98. The van der Waals surface area contributed by atoms with E-state index in [1.807, 2.05) is 48.5 Å². The van der Waals surface area contributed by atoms with Gasteiger partial charge >= 0.3 is 0 Å². The monoisotopic (exact) mass is 351 g/mol. The number of carbonyl (C=O) groups excluding carboxylic acids is 1. The van der Waals surface area contributed by atoms with Crippen LogP contribution in [-0.2, 0) is 11.3 Å². The first-order chi connectivity index (χ1) is 12.2. The predicted molar refractivity (Wildman–Crippen MR) is 102 cm³/mol. The zero-order chi connectivity index (χ0) is 17.2. The number of hydrogen-bond acceptors (Lipinski definition) is 5. The minimum atomic E-state index is -0.378. The molecule has 4 N–H and O–H groups in total. The molecule has 1 atom stereocenters. The molecule has 0 saturated heterocycles. The van der Waals surface area contributed by atoms with Gasteiger partial charge in [0.15, 0.2) is 0 Å². The SMILES string of the molecule is NCc1nc2ccc(NC(=O)[C@@H]3CSC(c4ccccc4)=N3)cc2[nH]1. The third-order valence-electron chi connectivity index (χ3n) is 3.97. The van der Waals surface area contributed by atoms with E-state index in [-0.39, 0.29) is 11.9 Å². The lowest BCUT2D eigenvalue weighted by Gasteiger charge is -2.08. The summed E-state index contributed by atoms with van der Waals surface area (Å²) in [6.07, 6.45) is 0. The average molecular weight is 351 g/mol. The zero-order valence-corrected chi connectivity index (χ0v) is 14.2. The molecule has 1 aliphatic rings. The second-order valence-electron chi connectivity index (χ2n) is 5.74. The van der Waals surface area contributed by atoms with E-state index in [1.54, 1.807) is 11.8 Å². The van der Waals surface area contributed by atoms with E-state index in [0.717, 1.165) is 33.2 Å². The van der Waals surface area contributed by atoms with Gasteiger partial charge in [-0.25, -0.2) is 4.98 Å². The lowest BCUT2D eigenvalue weighted by molar-refractivity contribution is -0.116. The van der Waals surface area contributed by atoms with Crippen LogP contribution in [0.1, 0.15) is 11.4 Å². The summed E-state index contributed by atoms with van der Waals surface area (Å²) in [7, 11) is 0. The van der Waals surface area contributed by atoms with Crippen LogP contribution in [0.2, 0.25) is 0 Å². The number of benzene rings is 2. The number of hydrogen-bond donors (Lipinski definition) is 3. The van der Waals surface area contributed by atoms with Crippen molar-refractivity contribution in [1.29, 1.82) is 0 Å². The molecule has 4 rings (SSSR count). The highest BCUT2D eigenvalue weighted by atomic mass is 32.2. The summed E-state index contributed by atoms with van der Waals surface area (Å²) in [5, 5.41) is 3.85. The number of carbonyl (C=O) groups is 1. The van der Waals surface area contributed by atoms with Crippen LogP contribution < -0.4 is 11.1 Å². The number of imidazole rings is 1. The number of nitrogens with zero attached hydrogens (tertiary/aromatic N) is 2. The van der Waals surface area contributed by atoms with Gasteiger partial charge < -0.3 is 16.0 Å². The lowest BCUT2D eigenvalue weighted by atomic mass is 10.2. The van der Waals surface area contributed by atoms with Crippen molar-refractivity contribution < 1.29 is 4.79 Å². The highest BCUT2D eigenvalue weighted by Crippen LogP contribution is 2.25. The van der Waals surface area contributed by atoms with Crippen LogP contribution in [0, 0.1) is 0 Å². The highest BCUT2D eigenvalue weighted by Gasteiger charge is 2.25. The van der Waals surface area contributed by atoms with E-state index in [0.29, 0.717) is 12.3 Å². The fourth-order valence-corrected chi connectivity index (χ4v) is 3.76. The molecule has 0 radical (unpaired) electrons. The Labute approximate surface area is 148 Å². The summed E-state index contributed by atoms with van der Waals surface area (Å²) in [5.41, 5.74) is 9.05. The lowest BCUT2D eigenvalue weighted by Crippen LogP contribution is -2.26. The van der Waals surface area contributed by atoms with Gasteiger partial charge in [0, 0.05) is 17.0 Å². The van der Waals surface area contributed by atoms with Gasteiger partial charge in [-0.2, -0.15) is 0 Å². The Kier molecular flexibility index (Phi) is 4.25. The Balaban J connectivity index is 1.49. The Morgan fingerprint density at radius 2 is 2.12 bits per heavy atom. The van der Waals surface area contributed by atoms with Crippen LogP contribution in [0.4, 0.5) is 5.69 Å². The number of aromatic amines is 1. The van der Waals surface area contributed by atoms with Crippen molar-refractivity contribution in [3.8, 4) is 0 Å². The molecule has 25 heavy (non-hydrogen) atoms. The van der Waals surface area contributed by atoms with Gasteiger partial charge in [-0.3, -0.25) is 9.79 Å². The standard InChI is InChI=1S/C18H17N5OS/c19-9-16-21-13-7-6-12(8-14(13)22-16)20-17(24)15-10-25-18(23-15)11-4-2-1-3-5-11/h1-8,15H,9-10,19H2,(H,20,24)(H,21,22)/t15-/m0/s1. The Bertz CT molecular complexity index is 951. The van der Waals surface area contributed by atoms with Crippen molar-refractivity contribution in [2.75, 3.05) is 11.1 Å². The first kappa shape index (κ1) is 15.9. The summed E-state index contributed by atoms with van der Waals surface area (Å²) < 4.78 is 0. The van der Waals surface area contributed by atoms with Crippen molar-refractivity contribution >= 4 is 39.4 Å². The molecule has 6 nitrogen and oxygen atoms in total.